The van der Waals surface area contributed by atoms with Crippen molar-refractivity contribution in [3.05, 3.63) is 60.4 Å². The summed E-state index contributed by atoms with van der Waals surface area (Å²) in [4.78, 5) is 26.4. The topological polar surface area (TPSA) is 61.4 Å². The first-order valence-corrected chi connectivity index (χ1v) is 8.30. The third kappa shape index (κ3) is 4.35. The number of nitrogens with one attached hydrogen (secondary N) is 2. The van der Waals surface area contributed by atoms with Crippen LogP contribution in [-0.2, 0) is 4.79 Å². The summed E-state index contributed by atoms with van der Waals surface area (Å²) in [5.41, 5.74) is 0.879. The van der Waals surface area contributed by atoms with Gasteiger partial charge in [-0.1, -0.05) is 30.3 Å². The lowest BCUT2D eigenvalue weighted by Crippen LogP contribution is -2.45. The van der Waals surface area contributed by atoms with E-state index >= 15 is 0 Å². The summed E-state index contributed by atoms with van der Waals surface area (Å²) in [6, 6.07) is 15.0. The number of para-hydroxylation sites is 2. The number of urea groups is 1. The number of hydrogen-bond donors (Lipinski definition) is 2. The predicted molar refractivity (Wildman–Crippen MR) is 94.8 cm³/mol. The molecule has 3 rings (SSSR count). The highest BCUT2D eigenvalue weighted by Crippen LogP contribution is 2.21. The molecule has 2 N–H and O–H groups in total. The van der Waals surface area contributed by atoms with Gasteiger partial charge in [-0.05, 0) is 37.1 Å². The van der Waals surface area contributed by atoms with Crippen LogP contribution in [-0.4, -0.2) is 29.9 Å². The van der Waals surface area contributed by atoms with Crippen LogP contribution in [0.4, 0.5) is 20.6 Å². The fourth-order valence-corrected chi connectivity index (χ4v) is 2.90. The lowest BCUT2D eigenvalue weighted by molar-refractivity contribution is -0.121. The lowest BCUT2D eigenvalue weighted by atomic mass is 9.97. The van der Waals surface area contributed by atoms with E-state index in [4.69, 9.17) is 0 Å². The van der Waals surface area contributed by atoms with Gasteiger partial charge < -0.3 is 15.5 Å². The second kappa shape index (κ2) is 7.79. The van der Waals surface area contributed by atoms with Gasteiger partial charge in [0.15, 0.2) is 0 Å². The summed E-state index contributed by atoms with van der Waals surface area (Å²) in [7, 11) is 0. The molecule has 130 valence electrons. The number of halogens is 1. The van der Waals surface area contributed by atoms with Crippen LogP contribution in [0, 0.1) is 11.7 Å². The number of carbonyl (C=O) groups is 2. The summed E-state index contributed by atoms with van der Waals surface area (Å²) >= 11 is 0. The number of carbonyl (C=O) groups excluding carboxylic acids is 2. The Morgan fingerprint density at radius 1 is 1.00 bits per heavy atom. The molecule has 1 aliphatic heterocycles. The number of likely N-dealkylation sites (tertiary alicyclic amines) is 1. The zero-order chi connectivity index (χ0) is 17.6. The minimum atomic E-state index is -0.467. The Labute approximate surface area is 145 Å². The van der Waals surface area contributed by atoms with Gasteiger partial charge in [0.2, 0.25) is 5.91 Å². The molecule has 0 aliphatic carbocycles. The van der Waals surface area contributed by atoms with E-state index in [0.717, 1.165) is 6.42 Å². The fraction of sp³-hybridized carbons (Fsp3) is 0.263. The third-order valence-electron chi connectivity index (χ3n) is 4.24. The van der Waals surface area contributed by atoms with Crippen molar-refractivity contribution in [1.82, 2.24) is 4.90 Å². The Hall–Kier alpha value is -2.89. The van der Waals surface area contributed by atoms with Gasteiger partial charge in [-0.15, -0.1) is 0 Å². The van der Waals surface area contributed by atoms with Crippen LogP contribution in [0.2, 0.25) is 0 Å². The Morgan fingerprint density at radius 3 is 2.48 bits per heavy atom. The summed E-state index contributed by atoms with van der Waals surface area (Å²) < 4.78 is 13.7. The van der Waals surface area contributed by atoms with Crippen LogP contribution in [0.3, 0.4) is 0 Å². The molecule has 0 bridgehead atoms. The van der Waals surface area contributed by atoms with E-state index in [2.05, 4.69) is 10.6 Å². The van der Waals surface area contributed by atoms with E-state index < -0.39 is 5.82 Å². The zero-order valence-corrected chi connectivity index (χ0v) is 13.7. The van der Waals surface area contributed by atoms with Gasteiger partial charge in [0, 0.05) is 18.8 Å². The van der Waals surface area contributed by atoms with Gasteiger partial charge in [0.25, 0.3) is 0 Å². The first kappa shape index (κ1) is 17.0. The summed E-state index contributed by atoms with van der Waals surface area (Å²) in [5, 5.41) is 5.44. The van der Waals surface area contributed by atoms with Crippen LogP contribution in [0.25, 0.3) is 0 Å². The quantitative estimate of drug-likeness (QED) is 0.894. The normalized spacial score (nSPS) is 17.0. The van der Waals surface area contributed by atoms with Crippen molar-refractivity contribution in [2.24, 2.45) is 5.92 Å². The zero-order valence-electron chi connectivity index (χ0n) is 13.7. The molecule has 2 aromatic rings. The number of hydrogen-bond acceptors (Lipinski definition) is 2. The molecule has 0 spiro atoms. The van der Waals surface area contributed by atoms with Crippen molar-refractivity contribution in [3.63, 3.8) is 0 Å². The summed E-state index contributed by atoms with van der Waals surface area (Å²) in [5.74, 6) is -1.08. The van der Waals surface area contributed by atoms with Crippen LogP contribution in [0.15, 0.2) is 54.6 Å². The number of anilines is 2. The van der Waals surface area contributed by atoms with E-state index in [0.29, 0.717) is 25.2 Å². The number of rotatable bonds is 3. The Bertz CT molecular complexity index is 751. The van der Waals surface area contributed by atoms with E-state index in [1.54, 1.807) is 17.0 Å². The average Bonchev–Trinajstić information content (AvgIpc) is 2.64. The van der Waals surface area contributed by atoms with E-state index in [9.17, 15) is 14.0 Å². The van der Waals surface area contributed by atoms with Crippen molar-refractivity contribution < 1.29 is 14.0 Å². The van der Waals surface area contributed by atoms with E-state index in [1.807, 2.05) is 30.3 Å². The molecule has 0 saturated carbocycles. The smallest absolute Gasteiger partial charge is 0.321 e. The van der Waals surface area contributed by atoms with Crippen LogP contribution in [0.5, 0.6) is 0 Å². The first-order chi connectivity index (χ1) is 12.1. The molecule has 5 nitrogen and oxygen atoms in total. The number of piperidine rings is 1. The highest BCUT2D eigenvalue weighted by atomic mass is 19.1. The molecule has 0 unspecified atom stereocenters. The maximum atomic E-state index is 13.7. The standard InChI is InChI=1S/C19H20FN3O2/c20-16-10-4-5-11-17(16)22-18(24)14-7-6-12-23(13-14)19(25)21-15-8-2-1-3-9-15/h1-5,8-11,14H,6-7,12-13H2,(H,21,25)(H,22,24)/t14-/m0/s1. The monoisotopic (exact) mass is 341 g/mol. The lowest BCUT2D eigenvalue weighted by Gasteiger charge is -2.32. The van der Waals surface area contributed by atoms with Crippen molar-refractivity contribution >= 4 is 23.3 Å². The van der Waals surface area contributed by atoms with Crippen LogP contribution < -0.4 is 10.6 Å². The Morgan fingerprint density at radius 2 is 1.72 bits per heavy atom. The first-order valence-electron chi connectivity index (χ1n) is 8.30. The molecule has 0 aromatic heterocycles. The van der Waals surface area contributed by atoms with Crippen molar-refractivity contribution in [2.75, 3.05) is 23.7 Å². The van der Waals surface area contributed by atoms with Crippen molar-refractivity contribution in [2.45, 2.75) is 12.8 Å². The Balaban J connectivity index is 1.59. The highest BCUT2D eigenvalue weighted by Gasteiger charge is 2.28. The van der Waals surface area contributed by atoms with Gasteiger partial charge in [-0.3, -0.25) is 4.79 Å². The van der Waals surface area contributed by atoms with Crippen molar-refractivity contribution in [1.29, 1.82) is 0 Å². The molecular formula is C19H20FN3O2. The van der Waals surface area contributed by atoms with Crippen LogP contribution >= 0.6 is 0 Å². The van der Waals surface area contributed by atoms with Crippen molar-refractivity contribution in [3.8, 4) is 0 Å². The molecular weight excluding hydrogens is 321 g/mol. The van der Waals surface area contributed by atoms with Gasteiger partial charge in [0.05, 0.1) is 11.6 Å². The SMILES string of the molecule is O=C(Nc1ccccc1F)[C@H]1CCCN(C(=O)Nc2ccccc2)C1. The molecule has 1 fully saturated rings. The number of benzene rings is 2. The molecule has 1 saturated heterocycles. The molecule has 6 heteroatoms. The molecule has 1 aliphatic rings. The highest BCUT2D eigenvalue weighted by molar-refractivity contribution is 5.94. The average molecular weight is 341 g/mol. The molecule has 1 atom stereocenters. The maximum absolute atomic E-state index is 13.7. The Kier molecular flexibility index (Phi) is 5.28. The summed E-state index contributed by atoms with van der Waals surface area (Å²) in [6.07, 6.45) is 1.41. The van der Waals surface area contributed by atoms with E-state index in [1.165, 1.54) is 12.1 Å². The largest absolute Gasteiger partial charge is 0.324 e. The molecule has 1 heterocycles. The second-order valence-corrected chi connectivity index (χ2v) is 6.05. The third-order valence-corrected chi connectivity index (χ3v) is 4.24. The van der Waals surface area contributed by atoms with Gasteiger partial charge in [0.1, 0.15) is 5.82 Å². The van der Waals surface area contributed by atoms with Gasteiger partial charge in [-0.2, -0.15) is 0 Å². The number of amides is 3. The predicted octanol–water partition coefficient (Wildman–Crippen LogP) is 3.71. The van der Waals surface area contributed by atoms with E-state index in [-0.39, 0.29) is 23.5 Å². The van der Waals surface area contributed by atoms with Crippen LogP contribution in [0.1, 0.15) is 12.8 Å². The molecule has 25 heavy (non-hydrogen) atoms. The molecule has 3 amide bonds. The maximum Gasteiger partial charge on any atom is 0.321 e. The number of nitrogens with zero attached hydrogens (tertiary/aromatic N) is 1. The fourth-order valence-electron chi connectivity index (χ4n) is 2.90. The minimum Gasteiger partial charge on any atom is -0.324 e. The molecule has 2 aromatic carbocycles. The minimum absolute atomic E-state index is 0.165. The summed E-state index contributed by atoms with van der Waals surface area (Å²) in [6.45, 7) is 0.918. The second-order valence-electron chi connectivity index (χ2n) is 6.05. The van der Waals surface area contributed by atoms with Gasteiger partial charge >= 0.3 is 6.03 Å². The molecule has 0 radical (unpaired) electrons. The van der Waals surface area contributed by atoms with Gasteiger partial charge in [-0.25, -0.2) is 9.18 Å².